The summed E-state index contributed by atoms with van der Waals surface area (Å²) in [5, 5.41) is 11.6. The summed E-state index contributed by atoms with van der Waals surface area (Å²) < 4.78 is 24.6. The summed E-state index contributed by atoms with van der Waals surface area (Å²) in [5.74, 6) is -1.90. The van der Waals surface area contributed by atoms with Crippen molar-refractivity contribution in [2.75, 3.05) is 19.1 Å². The molecule has 5 rings (SSSR count). The van der Waals surface area contributed by atoms with E-state index < -0.39 is 29.3 Å². The van der Waals surface area contributed by atoms with Crippen LogP contribution in [0.1, 0.15) is 43.5 Å². The number of carbonyl (C=O) groups is 2. The number of aromatic amines is 1. The van der Waals surface area contributed by atoms with Crippen molar-refractivity contribution < 1.29 is 28.6 Å². The number of hydrogen-bond acceptors (Lipinski definition) is 6. The number of H-pyrrole nitrogens is 1. The number of nitrogens with zero attached hydrogens (tertiary/aromatic N) is 2. The molecule has 0 radical (unpaired) electrons. The van der Waals surface area contributed by atoms with Crippen LogP contribution < -0.4 is 14.4 Å². The number of nitrogens with one attached hydrogen (secondary N) is 1. The van der Waals surface area contributed by atoms with Crippen molar-refractivity contribution in [3.8, 4) is 11.5 Å². The van der Waals surface area contributed by atoms with E-state index in [4.69, 9.17) is 9.47 Å². The maximum absolute atomic E-state index is 13.9. The van der Waals surface area contributed by atoms with E-state index in [2.05, 4.69) is 30.7 Å². The average Bonchev–Trinajstić information content (AvgIpc) is 3.44. The molecule has 1 amide bonds. The van der Waals surface area contributed by atoms with Crippen LogP contribution in [-0.2, 0) is 15.0 Å². The third-order valence-corrected chi connectivity index (χ3v) is 6.86. The number of ether oxygens (including phenoxy) is 2. The van der Waals surface area contributed by atoms with Crippen molar-refractivity contribution in [2.24, 2.45) is 0 Å². The predicted octanol–water partition coefficient (Wildman–Crippen LogP) is 5.64. The number of fused-ring (bicyclic) bond motifs is 1. The molecule has 0 bridgehead atoms. The summed E-state index contributed by atoms with van der Waals surface area (Å²) >= 11 is 0. The summed E-state index contributed by atoms with van der Waals surface area (Å²) in [6, 6.07) is 15.3. The van der Waals surface area contributed by atoms with Gasteiger partial charge in [0.25, 0.3) is 5.78 Å². The maximum Gasteiger partial charge on any atom is 0.302 e. The van der Waals surface area contributed by atoms with Crippen molar-refractivity contribution in [1.82, 2.24) is 9.97 Å². The molecule has 39 heavy (non-hydrogen) atoms. The topological polar surface area (TPSA) is 105 Å². The molecular weight excluding hydrogens is 501 g/mol. The number of aliphatic hydroxyl groups is 1. The van der Waals surface area contributed by atoms with Gasteiger partial charge in [-0.2, -0.15) is 0 Å². The first-order chi connectivity index (χ1) is 18.5. The largest absolute Gasteiger partial charge is 0.507 e. The number of ketones is 1. The summed E-state index contributed by atoms with van der Waals surface area (Å²) in [7, 11) is 2.92. The Morgan fingerprint density at radius 1 is 1.00 bits per heavy atom. The van der Waals surface area contributed by atoms with Crippen LogP contribution in [0.3, 0.4) is 0 Å². The quantitative estimate of drug-likeness (QED) is 0.197. The lowest BCUT2D eigenvalue weighted by atomic mass is 9.85. The number of halogens is 1. The smallest absolute Gasteiger partial charge is 0.302 e. The van der Waals surface area contributed by atoms with E-state index in [0.29, 0.717) is 28.1 Å². The molecule has 200 valence electrons. The van der Waals surface area contributed by atoms with E-state index in [1.165, 1.54) is 43.4 Å². The molecule has 4 aromatic rings. The molecule has 1 saturated heterocycles. The number of imidazole rings is 1. The SMILES string of the molecule is COc1ccc(OC)c(/C(O)=C2\C(=O)C(=O)N(c3nc4ccc(F)cc4[nH]3)C2c2ccc(C(C)(C)C)cc2)c1. The molecule has 0 spiro atoms. The lowest BCUT2D eigenvalue weighted by molar-refractivity contribution is -0.132. The average molecular weight is 530 g/mol. The minimum atomic E-state index is -1.03. The Bertz CT molecular complexity index is 1630. The van der Waals surface area contributed by atoms with E-state index in [0.717, 1.165) is 5.56 Å². The van der Waals surface area contributed by atoms with Crippen molar-refractivity contribution in [3.63, 3.8) is 0 Å². The van der Waals surface area contributed by atoms with Crippen molar-refractivity contribution >= 4 is 34.4 Å². The van der Waals surface area contributed by atoms with Crippen molar-refractivity contribution in [3.05, 3.63) is 88.7 Å². The van der Waals surface area contributed by atoms with Gasteiger partial charge in [0.05, 0.1) is 42.4 Å². The lowest BCUT2D eigenvalue weighted by Crippen LogP contribution is -2.30. The van der Waals surface area contributed by atoms with E-state index in [9.17, 15) is 19.1 Å². The van der Waals surface area contributed by atoms with Crippen LogP contribution in [0.5, 0.6) is 11.5 Å². The predicted molar refractivity (Wildman–Crippen MR) is 146 cm³/mol. The minimum Gasteiger partial charge on any atom is -0.507 e. The third-order valence-electron chi connectivity index (χ3n) is 6.86. The second kappa shape index (κ2) is 9.58. The summed E-state index contributed by atoms with van der Waals surface area (Å²) in [4.78, 5) is 35.7. The first-order valence-electron chi connectivity index (χ1n) is 12.3. The molecule has 3 aromatic carbocycles. The molecule has 2 heterocycles. The van der Waals surface area contributed by atoms with Crippen molar-refractivity contribution in [1.29, 1.82) is 0 Å². The standard InChI is InChI=1S/C30H28FN3O5/c1-30(2,3)17-8-6-16(7-9-17)25-24(26(35)20-15-19(38-4)11-13-23(20)39-5)27(36)28(37)34(25)29-32-21-12-10-18(31)14-22(21)33-29/h6-15,25,35H,1-5H3,(H,32,33)/b26-24+. The summed E-state index contributed by atoms with van der Waals surface area (Å²) in [5.41, 5.74) is 2.35. The number of rotatable bonds is 5. The summed E-state index contributed by atoms with van der Waals surface area (Å²) in [6.45, 7) is 6.24. The van der Waals surface area contributed by atoms with Gasteiger partial charge < -0.3 is 19.6 Å². The molecule has 9 heteroatoms. The second-order valence-electron chi connectivity index (χ2n) is 10.3. The van der Waals surface area contributed by atoms with Gasteiger partial charge in [-0.3, -0.25) is 14.5 Å². The Morgan fingerprint density at radius 3 is 2.36 bits per heavy atom. The zero-order valence-electron chi connectivity index (χ0n) is 22.2. The Kier molecular flexibility index (Phi) is 6.38. The maximum atomic E-state index is 13.9. The van der Waals surface area contributed by atoms with Crippen LogP contribution in [0.4, 0.5) is 10.3 Å². The molecule has 1 atom stereocenters. The number of benzene rings is 3. The molecule has 1 fully saturated rings. The number of amides is 1. The fourth-order valence-corrected chi connectivity index (χ4v) is 4.76. The van der Waals surface area contributed by atoms with Gasteiger partial charge in [0.1, 0.15) is 23.1 Å². The number of Topliss-reactive ketones (excluding diaryl/α,β-unsaturated/α-hetero) is 1. The van der Waals surface area contributed by atoms with Gasteiger partial charge in [-0.15, -0.1) is 0 Å². The Morgan fingerprint density at radius 2 is 1.72 bits per heavy atom. The molecular formula is C30H28FN3O5. The first-order valence-corrected chi connectivity index (χ1v) is 12.3. The van der Waals surface area contributed by atoms with Gasteiger partial charge in [-0.1, -0.05) is 45.0 Å². The number of carbonyl (C=O) groups excluding carboxylic acids is 2. The molecule has 1 aliphatic rings. The highest BCUT2D eigenvalue weighted by Gasteiger charge is 2.48. The van der Waals surface area contributed by atoms with Crippen LogP contribution in [-0.4, -0.2) is 41.0 Å². The zero-order chi connectivity index (χ0) is 28.1. The number of hydrogen-bond donors (Lipinski definition) is 2. The fraction of sp³-hybridized carbons (Fsp3) is 0.233. The fourth-order valence-electron chi connectivity index (χ4n) is 4.76. The van der Waals surface area contributed by atoms with Crippen LogP contribution in [0.25, 0.3) is 16.8 Å². The van der Waals surface area contributed by atoms with Gasteiger partial charge in [-0.25, -0.2) is 9.37 Å². The normalized spacial score (nSPS) is 17.2. The molecule has 1 aromatic heterocycles. The molecule has 8 nitrogen and oxygen atoms in total. The molecule has 0 aliphatic carbocycles. The van der Waals surface area contributed by atoms with Crippen LogP contribution in [0.15, 0.2) is 66.2 Å². The highest BCUT2D eigenvalue weighted by Crippen LogP contribution is 2.43. The molecule has 0 saturated carbocycles. The van der Waals surface area contributed by atoms with Crippen LogP contribution in [0.2, 0.25) is 0 Å². The Balaban J connectivity index is 1.75. The van der Waals surface area contributed by atoms with Crippen LogP contribution in [0, 0.1) is 5.82 Å². The third kappa shape index (κ3) is 4.50. The second-order valence-corrected chi connectivity index (χ2v) is 10.3. The monoisotopic (exact) mass is 529 g/mol. The van der Waals surface area contributed by atoms with Crippen molar-refractivity contribution in [2.45, 2.75) is 32.2 Å². The number of aromatic nitrogens is 2. The highest BCUT2D eigenvalue weighted by molar-refractivity contribution is 6.51. The Hall–Kier alpha value is -4.66. The Labute approximate surface area is 224 Å². The van der Waals surface area contributed by atoms with Gasteiger partial charge in [0.2, 0.25) is 5.95 Å². The number of methoxy groups -OCH3 is 2. The van der Waals surface area contributed by atoms with Gasteiger partial charge in [0, 0.05) is 0 Å². The highest BCUT2D eigenvalue weighted by atomic mass is 19.1. The van der Waals surface area contributed by atoms with E-state index >= 15 is 0 Å². The number of anilines is 1. The van der Waals surface area contributed by atoms with E-state index in [1.807, 2.05) is 24.3 Å². The van der Waals surface area contributed by atoms with Gasteiger partial charge >= 0.3 is 5.91 Å². The molecule has 1 unspecified atom stereocenters. The van der Waals surface area contributed by atoms with Gasteiger partial charge in [-0.05, 0) is 52.9 Å². The van der Waals surface area contributed by atoms with Crippen LogP contribution >= 0.6 is 0 Å². The zero-order valence-corrected chi connectivity index (χ0v) is 22.2. The van der Waals surface area contributed by atoms with Gasteiger partial charge in [0.15, 0.2) is 0 Å². The minimum absolute atomic E-state index is 0.0549. The van der Waals surface area contributed by atoms with E-state index in [-0.39, 0.29) is 22.5 Å². The lowest BCUT2D eigenvalue weighted by Gasteiger charge is -2.25. The summed E-state index contributed by atoms with van der Waals surface area (Å²) in [6.07, 6.45) is 0. The van der Waals surface area contributed by atoms with E-state index in [1.54, 1.807) is 12.1 Å². The molecule has 2 N–H and O–H groups in total. The molecule has 1 aliphatic heterocycles. The first kappa shape index (κ1) is 26.0. The number of aliphatic hydroxyl groups excluding tert-OH is 1.